The van der Waals surface area contributed by atoms with Crippen LogP contribution in [0.15, 0.2) is 36.7 Å². The molecule has 0 saturated heterocycles. The molecule has 2 rings (SSSR count). The predicted octanol–water partition coefficient (Wildman–Crippen LogP) is 1.30. The van der Waals surface area contributed by atoms with E-state index in [1.54, 1.807) is 12.3 Å². The van der Waals surface area contributed by atoms with Gasteiger partial charge in [0.25, 0.3) is 0 Å². The second-order valence-electron chi connectivity index (χ2n) is 3.71. The summed E-state index contributed by atoms with van der Waals surface area (Å²) in [6.45, 7) is 0.780. The fourth-order valence-electron chi connectivity index (χ4n) is 1.47. The van der Waals surface area contributed by atoms with E-state index in [1.165, 1.54) is 5.56 Å². The fraction of sp³-hybridized carbons (Fsp3) is 0.167. The van der Waals surface area contributed by atoms with Crippen LogP contribution in [0.2, 0.25) is 0 Å². The first-order chi connectivity index (χ1) is 8.25. The molecule has 0 aromatic carbocycles. The van der Waals surface area contributed by atoms with Crippen LogP contribution in [0.5, 0.6) is 0 Å². The highest BCUT2D eigenvalue weighted by molar-refractivity contribution is 5.61. The molecule has 88 valence electrons. The van der Waals surface area contributed by atoms with Gasteiger partial charge < -0.3 is 16.8 Å². The van der Waals surface area contributed by atoms with Gasteiger partial charge in [-0.3, -0.25) is 4.98 Å². The van der Waals surface area contributed by atoms with Crippen molar-refractivity contribution >= 4 is 17.3 Å². The Morgan fingerprint density at radius 3 is 2.76 bits per heavy atom. The number of hydrogen-bond donors (Lipinski definition) is 3. The normalized spacial score (nSPS) is 10.1. The van der Waals surface area contributed by atoms with Gasteiger partial charge in [-0.15, -0.1) is 0 Å². The predicted molar refractivity (Wildman–Crippen MR) is 69.5 cm³/mol. The quantitative estimate of drug-likeness (QED) is 0.735. The zero-order valence-electron chi connectivity index (χ0n) is 9.43. The van der Waals surface area contributed by atoms with E-state index in [0.717, 1.165) is 18.8 Å². The van der Waals surface area contributed by atoms with Crippen molar-refractivity contribution in [3.05, 3.63) is 42.2 Å². The van der Waals surface area contributed by atoms with Crippen LogP contribution < -0.4 is 16.8 Å². The Labute approximate surface area is 99.9 Å². The van der Waals surface area contributed by atoms with Crippen LogP contribution >= 0.6 is 0 Å². The number of hydrogen-bond acceptors (Lipinski definition) is 5. The highest BCUT2D eigenvalue weighted by Gasteiger charge is 1.98. The first-order valence-corrected chi connectivity index (χ1v) is 5.40. The van der Waals surface area contributed by atoms with E-state index < -0.39 is 0 Å². The SMILES string of the molecule is Nc1ccc(NCCc2cccnc2)nc1N. The molecule has 17 heavy (non-hydrogen) atoms. The smallest absolute Gasteiger partial charge is 0.149 e. The van der Waals surface area contributed by atoms with Crippen LogP contribution in [0.1, 0.15) is 5.56 Å². The van der Waals surface area contributed by atoms with E-state index >= 15 is 0 Å². The van der Waals surface area contributed by atoms with Gasteiger partial charge >= 0.3 is 0 Å². The van der Waals surface area contributed by atoms with Gasteiger partial charge in [-0.05, 0) is 30.2 Å². The molecule has 0 aliphatic rings. The molecule has 0 unspecified atom stereocenters. The van der Waals surface area contributed by atoms with Crippen LogP contribution in [0.3, 0.4) is 0 Å². The molecule has 5 N–H and O–H groups in total. The molecule has 0 fully saturated rings. The molecule has 0 saturated carbocycles. The molecule has 0 amide bonds. The Balaban J connectivity index is 1.88. The minimum absolute atomic E-state index is 0.358. The van der Waals surface area contributed by atoms with E-state index in [2.05, 4.69) is 15.3 Å². The first kappa shape index (κ1) is 11.2. The molecule has 2 aromatic heterocycles. The standard InChI is InChI=1S/C12H15N5/c13-10-3-4-11(17-12(10)14)16-7-5-9-2-1-6-15-8-9/h1-4,6,8H,5,7,13H2,(H3,14,16,17). The zero-order valence-corrected chi connectivity index (χ0v) is 9.43. The highest BCUT2D eigenvalue weighted by atomic mass is 15.0. The van der Waals surface area contributed by atoms with Crippen molar-refractivity contribution < 1.29 is 0 Å². The minimum atomic E-state index is 0.358. The molecule has 5 heteroatoms. The lowest BCUT2D eigenvalue weighted by Gasteiger charge is -2.07. The molecular weight excluding hydrogens is 214 g/mol. The van der Waals surface area contributed by atoms with Gasteiger partial charge in [-0.25, -0.2) is 4.98 Å². The van der Waals surface area contributed by atoms with Crippen LogP contribution in [0.25, 0.3) is 0 Å². The molecule has 0 atom stereocenters. The summed E-state index contributed by atoms with van der Waals surface area (Å²) in [5.41, 5.74) is 12.9. The third-order valence-corrected chi connectivity index (χ3v) is 2.40. The molecule has 0 radical (unpaired) electrons. The summed E-state index contributed by atoms with van der Waals surface area (Å²) in [5.74, 6) is 1.09. The highest BCUT2D eigenvalue weighted by Crippen LogP contribution is 2.14. The Morgan fingerprint density at radius 2 is 2.06 bits per heavy atom. The lowest BCUT2D eigenvalue weighted by molar-refractivity contribution is 0.995. The summed E-state index contributed by atoms with van der Waals surface area (Å²) in [5, 5.41) is 3.19. The van der Waals surface area contributed by atoms with Crippen molar-refractivity contribution in [2.24, 2.45) is 0 Å². The average Bonchev–Trinajstić information content (AvgIpc) is 2.35. The summed E-state index contributed by atoms with van der Waals surface area (Å²) < 4.78 is 0. The Morgan fingerprint density at radius 1 is 1.18 bits per heavy atom. The summed E-state index contributed by atoms with van der Waals surface area (Å²) >= 11 is 0. The molecule has 2 heterocycles. The van der Waals surface area contributed by atoms with E-state index in [9.17, 15) is 0 Å². The Bertz CT molecular complexity index is 484. The molecular formula is C12H15N5. The van der Waals surface area contributed by atoms with Gasteiger partial charge in [-0.2, -0.15) is 0 Å². The lowest BCUT2D eigenvalue weighted by atomic mass is 10.2. The summed E-state index contributed by atoms with van der Waals surface area (Å²) in [4.78, 5) is 8.19. The van der Waals surface area contributed by atoms with E-state index in [-0.39, 0.29) is 0 Å². The second-order valence-corrected chi connectivity index (χ2v) is 3.71. The maximum Gasteiger partial charge on any atom is 0.149 e. The third-order valence-electron chi connectivity index (χ3n) is 2.40. The zero-order chi connectivity index (χ0) is 12.1. The molecule has 0 bridgehead atoms. The van der Waals surface area contributed by atoms with Gasteiger partial charge in [0.15, 0.2) is 0 Å². The minimum Gasteiger partial charge on any atom is -0.396 e. The Kier molecular flexibility index (Phi) is 3.40. The van der Waals surface area contributed by atoms with Crippen molar-refractivity contribution in [1.82, 2.24) is 9.97 Å². The van der Waals surface area contributed by atoms with Crippen LogP contribution in [0.4, 0.5) is 17.3 Å². The van der Waals surface area contributed by atoms with Crippen LogP contribution in [-0.4, -0.2) is 16.5 Å². The number of nitrogens with two attached hydrogens (primary N) is 2. The van der Waals surface area contributed by atoms with Gasteiger partial charge in [0.1, 0.15) is 11.6 Å². The number of aromatic nitrogens is 2. The molecule has 5 nitrogen and oxygen atoms in total. The van der Waals surface area contributed by atoms with Gasteiger partial charge in [0, 0.05) is 18.9 Å². The summed E-state index contributed by atoms with van der Waals surface area (Å²) in [6.07, 6.45) is 4.51. The number of rotatable bonds is 4. The van der Waals surface area contributed by atoms with Gasteiger partial charge in [0.2, 0.25) is 0 Å². The number of nitrogen functional groups attached to an aromatic ring is 2. The number of nitrogens with one attached hydrogen (secondary N) is 1. The molecule has 0 aliphatic carbocycles. The fourth-order valence-corrected chi connectivity index (χ4v) is 1.47. The van der Waals surface area contributed by atoms with E-state index in [0.29, 0.717) is 11.5 Å². The number of pyridine rings is 2. The largest absolute Gasteiger partial charge is 0.396 e. The molecule has 0 spiro atoms. The van der Waals surface area contributed by atoms with Crippen molar-refractivity contribution in [3.63, 3.8) is 0 Å². The summed E-state index contributed by atoms with van der Waals surface area (Å²) in [6, 6.07) is 7.53. The van der Waals surface area contributed by atoms with E-state index in [4.69, 9.17) is 11.5 Å². The summed E-state index contributed by atoms with van der Waals surface area (Å²) in [7, 11) is 0. The van der Waals surface area contributed by atoms with Crippen molar-refractivity contribution in [3.8, 4) is 0 Å². The maximum absolute atomic E-state index is 5.62. The van der Waals surface area contributed by atoms with E-state index in [1.807, 2.05) is 24.4 Å². The van der Waals surface area contributed by atoms with Crippen LogP contribution in [-0.2, 0) is 6.42 Å². The number of nitrogens with zero attached hydrogens (tertiary/aromatic N) is 2. The van der Waals surface area contributed by atoms with Crippen molar-refractivity contribution in [2.45, 2.75) is 6.42 Å². The number of anilines is 3. The van der Waals surface area contributed by atoms with Gasteiger partial charge in [0.05, 0.1) is 5.69 Å². The maximum atomic E-state index is 5.62. The monoisotopic (exact) mass is 229 g/mol. The lowest BCUT2D eigenvalue weighted by Crippen LogP contribution is -2.08. The van der Waals surface area contributed by atoms with Crippen molar-refractivity contribution in [1.29, 1.82) is 0 Å². The average molecular weight is 229 g/mol. The van der Waals surface area contributed by atoms with Gasteiger partial charge in [-0.1, -0.05) is 6.07 Å². The second kappa shape index (κ2) is 5.16. The molecule has 2 aromatic rings. The first-order valence-electron chi connectivity index (χ1n) is 5.40. The van der Waals surface area contributed by atoms with Crippen LogP contribution in [0, 0.1) is 0 Å². The Hall–Kier alpha value is -2.30. The van der Waals surface area contributed by atoms with Crippen molar-refractivity contribution in [2.75, 3.05) is 23.3 Å². The topological polar surface area (TPSA) is 89.8 Å². The third kappa shape index (κ3) is 3.07. The molecule has 0 aliphatic heterocycles.